The van der Waals surface area contributed by atoms with Crippen LogP contribution in [-0.2, 0) is 0 Å². The largest absolute Gasteiger partial charge is 0.0795 e. The molecule has 0 saturated carbocycles. The Balaban J connectivity index is 1.91. The van der Waals surface area contributed by atoms with Crippen molar-refractivity contribution in [2.45, 2.75) is 6.42 Å². The van der Waals surface area contributed by atoms with E-state index in [0.29, 0.717) is 0 Å². The SMILES string of the molecule is C1=CC2=c3ccccc3=C2C(=Cc2ccccc2)C1. The average Bonchev–Trinajstić information content (AvgIpc) is 2.45. The summed E-state index contributed by atoms with van der Waals surface area (Å²) in [4.78, 5) is 0. The fourth-order valence-corrected chi connectivity index (χ4v) is 2.96. The number of benzene rings is 2. The van der Waals surface area contributed by atoms with Gasteiger partial charge in [-0.1, -0.05) is 72.8 Å². The van der Waals surface area contributed by atoms with Crippen molar-refractivity contribution in [3.63, 3.8) is 0 Å². The summed E-state index contributed by atoms with van der Waals surface area (Å²) in [5, 5.41) is 2.80. The van der Waals surface area contributed by atoms with Gasteiger partial charge in [0.2, 0.25) is 0 Å². The van der Waals surface area contributed by atoms with E-state index in [-0.39, 0.29) is 0 Å². The minimum atomic E-state index is 1.03. The Morgan fingerprint density at radius 3 is 2.37 bits per heavy atom. The lowest BCUT2D eigenvalue weighted by atomic mass is 9.80. The molecule has 0 N–H and O–H groups in total. The van der Waals surface area contributed by atoms with E-state index in [2.05, 4.69) is 72.8 Å². The third-order valence-electron chi connectivity index (χ3n) is 3.84. The van der Waals surface area contributed by atoms with Crippen LogP contribution in [0.5, 0.6) is 0 Å². The van der Waals surface area contributed by atoms with Crippen molar-refractivity contribution < 1.29 is 0 Å². The van der Waals surface area contributed by atoms with Crippen LogP contribution in [0.4, 0.5) is 0 Å². The topological polar surface area (TPSA) is 0 Å². The summed E-state index contributed by atoms with van der Waals surface area (Å²) in [6, 6.07) is 19.3. The Morgan fingerprint density at radius 2 is 1.53 bits per heavy atom. The molecule has 0 saturated heterocycles. The van der Waals surface area contributed by atoms with Gasteiger partial charge in [0.25, 0.3) is 0 Å². The van der Waals surface area contributed by atoms with Gasteiger partial charge in [0.05, 0.1) is 0 Å². The summed E-state index contributed by atoms with van der Waals surface area (Å²) in [6.07, 6.45) is 7.88. The first kappa shape index (κ1) is 10.6. The first-order valence-electron chi connectivity index (χ1n) is 6.70. The molecule has 90 valence electrons. The zero-order valence-electron chi connectivity index (χ0n) is 10.6. The minimum absolute atomic E-state index is 1.03. The molecule has 0 heteroatoms. The van der Waals surface area contributed by atoms with E-state index in [1.807, 2.05) is 0 Å². The molecule has 0 nitrogen and oxygen atoms in total. The summed E-state index contributed by atoms with van der Waals surface area (Å²) in [7, 11) is 0. The maximum absolute atomic E-state index is 2.31. The van der Waals surface area contributed by atoms with Gasteiger partial charge in [0, 0.05) is 0 Å². The molecule has 2 aromatic carbocycles. The summed E-state index contributed by atoms with van der Waals surface area (Å²) in [5.41, 5.74) is 5.57. The molecule has 4 rings (SSSR count). The standard InChI is InChI=1S/C19H14/c1-2-7-14(8-3-1)13-15-9-6-12-18-16-10-4-5-11-17(16)19(15)18/h1-8,10-13H,9H2. The first-order valence-corrected chi connectivity index (χ1v) is 6.70. The smallest absolute Gasteiger partial charge is 0.00636 e. The van der Waals surface area contributed by atoms with Gasteiger partial charge in [0.15, 0.2) is 0 Å². The Bertz CT molecular complexity index is 818. The molecule has 2 aliphatic rings. The number of allylic oxidation sites excluding steroid dienone is 3. The van der Waals surface area contributed by atoms with Crippen molar-refractivity contribution in [1.82, 2.24) is 0 Å². The highest BCUT2D eigenvalue weighted by Crippen LogP contribution is 2.32. The zero-order valence-corrected chi connectivity index (χ0v) is 10.6. The maximum Gasteiger partial charge on any atom is -0.00636 e. The van der Waals surface area contributed by atoms with Crippen molar-refractivity contribution in [2.75, 3.05) is 0 Å². The van der Waals surface area contributed by atoms with Gasteiger partial charge in [-0.25, -0.2) is 0 Å². The fourth-order valence-electron chi connectivity index (χ4n) is 2.96. The molecule has 2 aliphatic carbocycles. The number of fused-ring (bicyclic) bond motifs is 2. The van der Waals surface area contributed by atoms with Crippen LogP contribution in [0.2, 0.25) is 0 Å². The van der Waals surface area contributed by atoms with E-state index in [1.54, 1.807) is 0 Å². The Kier molecular flexibility index (Phi) is 2.28. The number of hydrogen-bond donors (Lipinski definition) is 0. The Hall–Kier alpha value is -2.34. The highest BCUT2D eigenvalue weighted by molar-refractivity contribution is 6.08. The van der Waals surface area contributed by atoms with Crippen LogP contribution in [0.1, 0.15) is 12.0 Å². The molecule has 0 amide bonds. The molecular weight excluding hydrogens is 228 g/mol. The quantitative estimate of drug-likeness (QED) is 0.721. The lowest BCUT2D eigenvalue weighted by molar-refractivity contribution is 1.25. The van der Waals surface area contributed by atoms with Gasteiger partial charge in [-0.2, -0.15) is 0 Å². The molecule has 0 spiro atoms. The third-order valence-corrected chi connectivity index (χ3v) is 3.84. The van der Waals surface area contributed by atoms with E-state index < -0.39 is 0 Å². The van der Waals surface area contributed by atoms with Crippen molar-refractivity contribution >= 4 is 17.2 Å². The van der Waals surface area contributed by atoms with Crippen LogP contribution >= 0.6 is 0 Å². The van der Waals surface area contributed by atoms with Crippen LogP contribution < -0.4 is 10.4 Å². The second kappa shape index (κ2) is 4.10. The van der Waals surface area contributed by atoms with E-state index in [9.17, 15) is 0 Å². The van der Waals surface area contributed by atoms with E-state index in [4.69, 9.17) is 0 Å². The van der Waals surface area contributed by atoms with Crippen LogP contribution in [0, 0.1) is 0 Å². The number of rotatable bonds is 1. The van der Waals surface area contributed by atoms with Gasteiger partial charge < -0.3 is 0 Å². The van der Waals surface area contributed by atoms with Crippen LogP contribution in [-0.4, -0.2) is 0 Å². The minimum Gasteiger partial charge on any atom is -0.0795 e. The highest BCUT2D eigenvalue weighted by atomic mass is 14.2. The highest BCUT2D eigenvalue weighted by Gasteiger charge is 2.20. The molecule has 0 aromatic heterocycles. The van der Waals surface area contributed by atoms with Gasteiger partial charge >= 0.3 is 0 Å². The molecule has 2 aromatic rings. The molecule has 0 atom stereocenters. The molecule has 0 unspecified atom stereocenters. The summed E-state index contributed by atoms with van der Waals surface area (Å²) in [6.45, 7) is 0. The van der Waals surface area contributed by atoms with Crippen molar-refractivity contribution in [1.29, 1.82) is 0 Å². The van der Waals surface area contributed by atoms with Gasteiger partial charge in [-0.05, 0) is 39.1 Å². The predicted octanol–water partition coefficient (Wildman–Crippen LogP) is 3.05. The monoisotopic (exact) mass is 242 g/mol. The van der Waals surface area contributed by atoms with Gasteiger partial charge in [-0.15, -0.1) is 0 Å². The second-order valence-corrected chi connectivity index (χ2v) is 5.02. The molecule has 0 bridgehead atoms. The predicted molar refractivity (Wildman–Crippen MR) is 80.7 cm³/mol. The summed E-state index contributed by atoms with van der Waals surface area (Å²) >= 11 is 0. The average molecular weight is 242 g/mol. The van der Waals surface area contributed by atoms with Crippen LogP contribution in [0.15, 0.2) is 72.3 Å². The van der Waals surface area contributed by atoms with Gasteiger partial charge in [0.1, 0.15) is 0 Å². The Labute approximate surface area is 112 Å². The zero-order chi connectivity index (χ0) is 12.7. The lowest BCUT2D eigenvalue weighted by Crippen LogP contribution is -2.39. The van der Waals surface area contributed by atoms with Crippen molar-refractivity contribution in [3.8, 4) is 0 Å². The second-order valence-electron chi connectivity index (χ2n) is 5.02. The van der Waals surface area contributed by atoms with E-state index in [0.717, 1.165) is 6.42 Å². The summed E-state index contributed by atoms with van der Waals surface area (Å²) < 4.78 is 0. The van der Waals surface area contributed by atoms with Crippen LogP contribution in [0.3, 0.4) is 0 Å². The van der Waals surface area contributed by atoms with Crippen molar-refractivity contribution in [3.05, 3.63) is 88.3 Å². The maximum atomic E-state index is 2.31. The van der Waals surface area contributed by atoms with Crippen molar-refractivity contribution in [2.24, 2.45) is 0 Å². The molecular formula is C19H14. The van der Waals surface area contributed by atoms with E-state index in [1.165, 1.54) is 32.7 Å². The van der Waals surface area contributed by atoms with E-state index >= 15 is 0 Å². The third kappa shape index (κ3) is 1.61. The first-order chi connectivity index (χ1) is 9.43. The lowest BCUT2D eigenvalue weighted by Gasteiger charge is -2.24. The molecule has 0 heterocycles. The number of hydrogen-bond acceptors (Lipinski definition) is 0. The summed E-state index contributed by atoms with van der Waals surface area (Å²) in [5.74, 6) is 0. The normalized spacial score (nSPS) is 18.0. The molecule has 0 aliphatic heterocycles. The molecule has 19 heavy (non-hydrogen) atoms. The van der Waals surface area contributed by atoms with Crippen LogP contribution in [0.25, 0.3) is 17.2 Å². The van der Waals surface area contributed by atoms with Gasteiger partial charge in [-0.3, -0.25) is 0 Å². The Morgan fingerprint density at radius 1 is 0.789 bits per heavy atom. The molecule has 0 radical (unpaired) electrons. The fraction of sp³-hybridized carbons (Fsp3) is 0.0526. The molecule has 0 fully saturated rings.